The SMILES string of the molecule is COC(CCNC(=O)[C@@H]1CC[C@H](NC(=O)OCC2c3ccccc3-c3ccccc32)C1)C(=O)O. The first-order valence-corrected chi connectivity index (χ1v) is 11.6. The second-order valence-electron chi connectivity index (χ2n) is 8.82. The fourth-order valence-corrected chi connectivity index (χ4v) is 4.97. The zero-order valence-corrected chi connectivity index (χ0v) is 19.2. The Morgan fingerprint density at radius 2 is 1.68 bits per heavy atom. The van der Waals surface area contributed by atoms with Crippen molar-refractivity contribution < 1.29 is 29.0 Å². The molecule has 1 unspecified atom stereocenters. The first-order valence-electron chi connectivity index (χ1n) is 11.6. The van der Waals surface area contributed by atoms with Gasteiger partial charge in [0.2, 0.25) is 5.91 Å². The van der Waals surface area contributed by atoms with Crippen molar-refractivity contribution in [2.45, 2.75) is 43.7 Å². The topological polar surface area (TPSA) is 114 Å². The van der Waals surface area contributed by atoms with Gasteiger partial charge < -0.3 is 25.2 Å². The maximum Gasteiger partial charge on any atom is 0.407 e. The molecule has 8 nitrogen and oxygen atoms in total. The number of alkyl carbamates (subject to hydrolysis) is 1. The maximum absolute atomic E-state index is 12.5. The van der Waals surface area contributed by atoms with Gasteiger partial charge in [-0.2, -0.15) is 0 Å². The minimum absolute atomic E-state index is 0.00184. The number of carboxylic acid groups (broad SMARTS) is 1. The van der Waals surface area contributed by atoms with Gasteiger partial charge in [0.1, 0.15) is 6.61 Å². The second-order valence-corrected chi connectivity index (χ2v) is 8.82. The van der Waals surface area contributed by atoms with Crippen molar-refractivity contribution in [3.63, 3.8) is 0 Å². The summed E-state index contributed by atoms with van der Waals surface area (Å²) in [6.07, 6.45) is 0.670. The zero-order chi connectivity index (χ0) is 24.1. The van der Waals surface area contributed by atoms with Gasteiger partial charge >= 0.3 is 12.1 Å². The van der Waals surface area contributed by atoms with Crippen molar-refractivity contribution in [3.8, 4) is 11.1 Å². The molecule has 1 fully saturated rings. The Balaban J connectivity index is 1.23. The van der Waals surface area contributed by atoms with Crippen molar-refractivity contribution in [1.82, 2.24) is 10.6 Å². The summed E-state index contributed by atoms with van der Waals surface area (Å²) < 4.78 is 10.5. The van der Waals surface area contributed by atoms with E-state index < -0.39 is 18.2 Å². The highest BCUT2D eigenvalue weighted by Crippen LogP contribution is 2.44. The molecular formula is C26H30N2O6. The van der Waals surface area contributed by atoms with E-state index in [0.717, 1.165) is 11.1 Å². The number of benzene rings is 2. The van der Waals surface area contributed by atoms with Crippen LogP contribution in [0.5, 0.6) is 0 Å². The molecule has 4 rings (SSSR count). The fourth-order valence-electron chi connectivity index (χ4n) is 4.97. The van der Waals surface area contributed by atoms with Crippen molar-refractivity contribution in [1.29, 1.82) is 0 Å². The number of nitrogens with one attached hydrogen (secondary N) is 2. The van der Waals surface area contributed by atoms with Gasteiger partial charge in [0, 0.05) is 38.0 Å². The van der Waals surface area contributed by atoms with Crippen LogP contribution in [-0.2, 0) is 19.1 Å². The largest absolute Gasteiger partial charge is 0.479 e. The van der Waals surface area contributed by atoms with Gasteiger partial charge in [-0.3, -0.25) is 4.79 Å². The van der Waals surface area contributed by atoms with Gasteiger partial charge in [-0.25, -0.2) is 9.59 Å². The summed E-state index contributed by atoms with van der Waals surface area (Å²) in [6, 6.07) is 16.2. The lowest BCUT2D eigenvalue weighted by Gasteiger charge is -2.17. The van der Waals surface area contributed by atoms with Crippen LogP contribution >= 0.6 is 0 Å². The van der Waals surface area contributed by atoms with Crippen molar-refractivity contribution in [2.24, 2.45) is 5.92 Å². The number of carbonyl (C=O) groups is 3. The molecule has 2 amide bonds. The lowest BCUT2D eigenvalue weighted by molar-refractivity contribution is -0.149. The van der Waals surface area contributed by atoms with E-state index in [1.165, 1.54) is 18.2 Å². The molecule has 1 saturated carbocycles. The summed E-state index contributed by atoms with van der Waals surface area (Å²) in [4.78, 5) is 35.9. The summed E-state index contributed by atoms with van der Waals surface area (Å²) >= 11 is 0. The first kappa shape index (κ1) is 23.8. The van der Waals surface area contributed by atoms with E-state index in [-0.39, 0.29) is 43.4 Å². The summed E-state index contributed by atoms with van der Waals surface area (Å²) in [5.41, 5.74) is 4.68. The number of carbonyl (C=O) groups excluding carboxylic acids is 2. The van der Waals surface area contributed by atoms with Gasteiger partial charge in [-0.05, 0) is 41.5 Å². The predicted molar refractivity (Wildman–Crippen MR) is 125 cm³/mol. The molecule has 3 N–H and O–H groups in total. The smallest absolute Gasteiger partial charge is 0.407 e. The molecule has 2 aliphatic carbocycles. The van der Waals surface area contributed by atoms with Crippen LogP contribution in [0.15, 0.2) is 48.5 Å². The van der Waals surface area contributed by atoms with Crippen LogP contribution in [0, 0.1) is 5.92 Å². The van der Waals surface area contributed by atoms with E-state index in [4.69, 9.17) is 14.6 Å². The van der Waals surface area contributed by atoms with Crippen molar-refractivity contribution in [2.75, 3.05) is 20.3 Å². The van der Waals surface area contributed by atoms with Crippen LogP contribution < -0.4 is 10.6 Å². The molecule has 8 heteroatoms. The van der Waals surface area contributed by atoms with E-state index in [2.05, 4.69) is 34.9 Å². The highest BCUT2D eigenvalue weighted by Gasteiger charge is 2.32. The van der Waals surface area contributed by atoms with E-state index in [1.54, 1.807) is 0 Å². The number of rotatable bonds is 9. The number of aliphatic carboxylic acids is 1. The molecule has 180 valence electrons. The van der Waals surface area contributed by atoms with Gasteiger partial charge in [-0.15, -0.1) is 0 Å². The summed E-state index contributed by atoms with van der Waals surface area (Å²) in [5.74, 6) is -1.39. The molecule has 0 radical (unpaired) electrons. The van der Waals surface area contributed by atoms with Crippen LogP contribution in [0.25, 0.3) is 11.1 Å². The van der Waals surface area contributed by atoms with Crippen LogP contribution in [0.2, 0.25) is 0 Å². The molecule has 0 aliphatic heterocycles. The minimum Gasteiger partial charge on any atom is -0.479 e. The molecule has 0 heterocycles. The Labute approximate surface area is 198 Å². The van der Waals surface area contributed by atoms with Crippen LogP contribution in [0.3, 0.4) is 0 Å². The summed E-state index contributed by atoms with van der Waals surface area (Å²) in [7, 11) is 1.33. The van der Waals surface area contributed by atoms with E-state index in [9.17, 15) is 14.4 Å². The highest BCUT2D eigenvalue weighted by molar-refractivity contribution is 5.80. The van der Waals surface area contributed by atoms with Crippen LogP contribution in [-0.4, -0.2) is 55.5 Å². The van der Waals surface area contributed by atoms with E-state index >= 15 is 0 Å². The Bertz CT molecular complexity index is 1010. The molecule has 0 aromatic heterocycles. The molecule has 0 saturated heterocycles. The lowest BCUT2D eigenvalue weighted by atomic mass is 9.98. The highest BCUT2D eigenvalue weighted by atomic mass is 16.5. The Kier molecular flexibility index (Phi) is 7.47. The van der Waals surface area contributed by atoms with Crippen LogP contribution in [0.4, 0.5) is 4.79 Å². The quantitative estimate of drug-likeness (QED) is 0.523. The van der Waals surface area contributed by atoms with Crippen molar-refractivity contribution in [3.05, 3.63) is 59.7 Å². The predicted octanol–water partition coefficient (Wildman–Crippen LogP) is 3.30. The van der Waals surface area contributed by atoms with Crippen molar-refractivity contribution >= 4 is 18.0 Å². The number of hydrogen-bond donors (Lipinski definition) is 3. The number of ether oxygens (including phenoxy) is 2. The van der Waals surface area contributed by atoms with Gasteiger partial charge in [0.05, 0.1) is 0 Å². The first-order chi connectivity index (χ1) is 16.5. The lowest BCUT2D eigenvalue weighted by Crippen LogP contribution is -2.36. The maximum atomic E-state index is 12.5. The molecule has 2 aliphatic rings. The van der Waals surface area contributed by atoms with Gasteiger partial charge in [-0.1, -0.05) is 48.5 Å². The third kappa shape index (κ3) is 5.22. The molecule has 2 aromatic carbocycles. The molecule has 34 heavy (non-hydrogen) atoms. The Hall–Kier alpha value is -3.39. The summed E-state index contributed by atoms with van der Waals surface area (Å²) in [5, 5.41) is 14.7. The average molecular weight is 467 g/mol. The number of carboxylic acids is 1. The Morgan fingerprint density at radius 1 is 1.03 bits per heavy atom. The molecule has 2 aromatic rings. The zero-order valence-electron chi connectivity index (χ0n) is 19.2. The average Bonchev–Trinajstić information content (AvgIpc) is 3.43. The van der Waals surface area contributed by atoms with Gasteiger partial charge in [0.25, 0.3) is 0 Å². The normalized spacial score (nSPS) is 19.7. The minimum atomic E-state index is -1.05. The summed E-state index contributed by atoms with van der Waals surface area (Å²) in [6.45, 7) is 0.478. The number of fused-ring (bicyclic) bond motifs is 3. The third-order valence-corrected chi connectivity index (χ3v) is 6.73. The fraction of sp³-hybridized carbons (Fsp3) is 0.423. The van der Waals surface area contributed by atoms with Crippen LogP contribution in [0.1, 0.15) is 42.7 Å². The molecular weight excluding hydrogens is 436 g/mol. The molecule has 3 atom stereocenters. The van der Waals surface area contributed by atoms with E-state index in [0.29, 0.717) is 19.3 Å². The second kappa shape index (κ2) is 10.7. The standard InChI is InChI=1S/C26H30N2O6/c1-33-23(25(30)31)12-13-27-24(29)16-10-11-17(14-16)28-26(32)34-15-22-20-8-4-2-6-18(20)19-7-3-5-9-21(19)22/h2-9,16-17,22-23H,10-15H2,1H3,(H,27,29)(H,28,32)(H,30,31)/t16-,17+,23?/m1/s1. The Morgan fingerprint density at radius 3 is 2.29 bits per heavy atom. The monoisotopic (exact) mass is 466 g/mol. The number of amides is 2. The molecule has 0 bridgehead atoms. The third-order valence-electron chi connectivity index (χ3n) is 6.73. The van der Waals surface area contributed by atoms with E-state index in [1.807, 2.05) is 24.3 Å². The van der Waals surface area contributed by atoms with Gasteiger partial charge in [0.15, 0.2) is 6.10 Å². The number of hydrogen-bond acceptors (Lipinski definition) is 5. The molecule has 0 spiro atoms. The number of methoxy groups -OCH3 is 1.